The highest BCUT2D eigenvalue weighted by atomic mass is 16.4. The van der Waals surface area contributed by atoms with Gasteiger partial charge in [-0.1, -0.05) is 6.92 Å². The first-order chi connectivity index (χ1) is 6.56. The molecule has 0 aliphatic carbocycles. The van der Waals surface area contributed by atoms with Gasteiger partial charge in [-0.3, -0.25) is 4.79 Å². The molecular weight excluding hydrogens is 184 g/mol. The number of carbonyl (C=O) groups is 1. The maximum atomic E-state index is 11.3. The molecule has 0 aromatic carbocycles. The van der Waals surface area contributed by atoms with Crippen molar-refractivity contribution in [1.29, 1.82) is 0 Å². The van der Waals surface area contributed by atoms with E-state index in [1.54, 1.807) is 0 Å². The fourth-order valence-corrected chi connectivity index (χ4v) is 1.03. The Morgan fingerprint density at radius 1 is 1.64 bits per heavy atom. The minimum absolute atomic E-state index is 0.0817. The van der Waals surface area contributed by atoms with Gasteiger partial charge in [-0.2, -0.15) is 5.10 Å². The number of nitrogens with zero attached hydrogens (tertiary/aromatic N) is 2. The summed E-state index contributed by atoms with van der Waals surface area (Å²) in [6.07, 6.45) is 0.732. The highest BCUT2D eigenvalue weighted by molar-refractivity contribution is 5.84. The van der Waals surface area contributed by atoms with E-state index in [0.29, 0.717) is 0 Å². The van der Waals surface area contributed by atoms with E-state index in [1.807, 2.05) is 13.8 Å². The lowest BCUT2D eigenvalue weighted by Crippen LogP contribution is -2.26. The molecule has 1 rings (SSSR count). The van der Waals surface area contributed by atoms with Gasteiger partial charge < -0.3 is 5.11 Å². The summed E-state index contributed by atoms with van der Waals surface area (Å²) in [5, 5.41) is 12.4. The summed E-state index contributed by atoms with van der Waals surface area (Å²) in [6, 6.07) is 2.35. The zero-order valence-electron chi connectivity index (χ0n) is 8.10. The largest absolute Gasteiger partial charge is 0.476 e. The van der Waals surface area contributed by atoms with Gasteiger partial charge in [0.05, 0.1) is 6.04 Å². The Hall–Kier alpha value is -1.65. The van der Waals surface area contributed by atoms with Gasteiger partial charge in [0.2, 0.25) is 0 Å². The molecule has 1 atom stereocenters. The van der Waals surface area contributed by atoms with Crippen LogP contribution in [-0.2, 0) is 0 Å². The number of carboxylic acid groups (broad SMARTS) is 1. The van der Waals surface area contributed by atoms with Gasteiger partial charge in [0.15, 0.2) is 5.69 Å². The SMILES string of the molecule is CCC(C)n1nc(C(=O)O)ccc1=O. The van der Waals surface area contributed by atoms with Crippen LogP contribution in [0, 0.1) is 0 Å². The van der Waals surface area contributed by atoms with Gasteiger partial charge in [-0.05, 0) is 19.4 Å². The van der Waals surface area contributed by atoms with E-state index in [1.165, 1.54) is 16.8 Å². The van der Waals surface area contributed by atoms with Crippen molar-refractivity contribution < 1.29 is 9.90 Å². The van der Waals surface area contributed by atoms with Gasteiger partial charge in [-0.25, -0.2) is 9.48 Å². The van der Waals surface area contributed by atoms with Gasteiger partial charge in [0, 0.05) is 6.07 Å². The van der Waals surface area contributed by atoms with E-state index in [9.17, 15) is 9.59 Å². The van der Waals surface area contributed by atoms with Gasteiger partial charge in [-0.15, -0.1) is 0 Å². The van der Waals surface area contributed by atoms with E-state index in [2.05, 4.69) is 5.10 Å². The third-order valence-corrected chi connectivity index (χ3v) is 2.05. The summed E-state index contributed by atoms with van der Waals surface area (Å²) in [7, 11) is 0. The van der Waals surface area contributed by atoms with Crippen molar-refractivity contribution in [3.63, 3.8) is 0 Å². The Morgan fingerprint density at radius 2 is 2.29 bits per heavy atom. The van der Waals surface area contributed by atoms with Crippen molar-refractivity contribution in [2.24, 2.45) is 0 Å². The second kappa shape index (κ2) is 4.04. The molecule has 0 spiro atoms. The average Bonchev–Trinajstić information content (AvgIpc) is 2.17. The van der Waals surface area contributed by atoms with Crippen LogP contribution in [0.2, 0.25) is 0 Å². The Labute approximate surface area is 81.0 Å². The number of aromatic carboxylic acids is 1. The second-order valence-electron chi connectivity index (χ2n) is 3.06. The molecule has 5 heteroatoms. The first-order valence-electron chi connectivity index (χ1n) is 4.39. The lowest BCUT2D eigenvalue weighted by atomic mass is 10.2. The fraction of sp³-hybridized carbons (Fsp3) is 0.444. The lowest BCUT2D eigenvalue weighted by Gasteiger charge is -2.10. The van der Waals surface area contributed by atoms with Crippen LogP contribution < -0.4 is 5.56 Å². The van der Waals surface area contributed by atoms with Gasteiger partial charge in [0.25, 0.3) is 5.56 Å². The zero-order chi connectivity index (χ0) is 10.7. The van der Waals surface area contributed by atoms with E-state index in [-0.39, 0.29) is 17.3 Å². The molecule has 0 aliphatic rings. The van der Waals surface area contributed by atoms with Crippen molar-refractivity contribution in [3.05, 3.63) is 28.2 Å². The van der Waals surface area contributed by atoms with Crippen LogP contribution in [0.4, 0.5) is 0 Å². The molecule has 1 unspecified atom stereocenters. The summed E-state index contributed by atoms with van der Waals surface area (Å²) < 4.78 is 1.20. The van der Waals surface area contributed by atoms with E-state index >= 15 is 0 Å². The van der Waals surface area contributed by atoms with Crippen LogP contribution in [0.5, 0.6) is 0 Å². The number of hydrogen-bond acceptors (Lipinski definition) is 3. The minimum Gasteiger partial charge on any atom is -0.476 e. The molecule has 1 N–H and O–H groups in total. The normalized spacial score (nSPS) is 12.4. The third kappa shape index (κ3) is 1.99. The smallest absolute Gasteiger partial charge is 0.356 e. The van der Waals surface area contributed by atoms with E-state index < -0.39 is 5.97 Å². The molecule has 5 nitrogen and oxygen atoms in total. The molecule has 0 saturated heterocycles. The quantitative estimate of drug-likeness (QED) is 0.779. The molecule has 0 aliphatic heterocycles. The summed E-state index contributed by atoms with van der Waals surface area (Å²) >= 11 is 0. The van der Waals surface area contributed by atoms with Crippen molar-refractivity contribution in [2.75, 3.05) is 0 Å². The predicted molar refractivity (Wildman–Crippen MR) is 50.5 cm³/mol. The lowest BCUT2D eigenvalue weighted by molar-refractivity contribution is 0.0687. The van der Waals surface area contributed by atoms with Crippen molar-refractivity contribution >= 4 is 5.97 Å². The number of aromatic nitrogens is 2. The molecule has 0 fully saturated rings. The molecule has 76 valence electrons. The Morgan fingerprint density at radius 3 is 2.79 bits per heavy atom. The third-order valence-electron chi connectivity index (χ3n) is 2.05. The molecule has 1 heterocycles. The number of rotatable bonds is 3. The molecule has 1 aromatic rings. The minimum atomic E-state index is -1.12. The number of hydrogen-bond donors (Lipinski definition) is 1. The Bertz CT molecular complexity index is 397. The first kappa shape index (κ1) is 10.4. The van der Waals surface area contributed by atoms with Crippen LogP contribution in [0.15, 0.2) is 16.9 Å². The summed E-state index contributed by atoms with van der Waals surface area (Å²) in [5.41, 5.74) is -0.380. The van der Waals surface area contributed by atoms with Crippen LogP contribution in [0.1, 0.15) is 36.8 Å². The highest BCUT2D eigenvalue weighted by Crippen LogP contribution is 2.04. The maximum absolute atomic E-state index is 11.3. The standard InChI is InChI=1S/C9H12N2O3/c1-3-6(2)11-8(12)5-4-7(10-11)9(13)14/h4-6H,3H2,1-2H3,(H,13,14). The van der Waals surface area contributed by atoms with Crippen LogP contribution in [0.25, 0.3) is 0 Å². The molecule has 14 heavy (non-hydrogen) atoms. The van der Waals surface area contributed by atoms with Crippen LogP contribution in [0.3, 0.4) is 0 Å². The summed E-state index contributed by atoms with van der Waals surface area (Å²) in [4.78, 5) is 21.9. The first-order valence-corrected chi connectivity index (χ1v) is 4.39. The van der Waals surface area contributed by atoms with Crippen molar-refractivity contribution in [3.8, 4) is 0 Å². The van der Waals surface area contributed by atoms with Crippen LogP contribution >= 0.6 is 0 Å². The monoisotopic (exact) mass is 196 g/mol. The molecule has 0 radical (unpaired) electrons. The second-order valence-corrected chi connectivity index (χ2v) is 3.06. The maximum Gasteiger partial charge on any atom is 0.356 e. The summed E-state index contributed by atoms with van der Waals surface area (Å²) in [5.74, 6) is -1.12. The van der Waals surface area contributed by atoms with E-state index in [0.717, 1.165) is 6.42 Å². The average molecular weight is 196 g/mol. The Balaban J connectivity index is 3.21. The van der Waals surface area contributed by atoms with Crippen molar-refractivity contribution in [2.45, 2.75) is 26.3 Å². The van der Waals surface area contributed by atoms with Crippen molar-refractivity contribution in [1.82, 2.24) is 9.78 Å². The fourth-order valence-electron chi connectivity index (χ4n) is 1.03. The van der Waals surface area contributed by atoms with Crippen LogP contribution in [-0.4, -0.2) is 20.9 Å². The van der Waals surface area contributed by atoms with E-state index in [4.69, 9.17) is 5.11 Å². The zero-order valence-corrected chi connectivity index (χ0v) is 8.10. The molecule has 0 amide bonds. The molecule has 0 saturated carbocycles. The highest BCUT2D eigenvalue weighted by Gasteiger charge is 2.10. The molecular formula is C9H12N2O3. The molecule has 0 bridgehead atoms. The Kier molecular flexibility index (Phi) is 3.01. The van der Waals surface area contributed by atoms with Gasteiger partial charge >= 0.3 is 5.97 Å². The molecule has 1 aromatic heterocycles. The predicted octanol–water partition coefficient (Wildman–Crippen LogP) is 0.913. The number of carboxylic acids is 1. The topological polar surface area (TPSA) is 72.2 Å². The van der Waals surface area contributed by atoms with Gasteiger partial charge in [0.1, 0.15) is 0 Å². The summed E-state index contributed by atoms with van der Waals surface area (Å²) in [6.45, 7) is 3.73.